The summed E-state index contributed by atoms with van der Waals surface area (Å²) in [5.41, 5.74) is 5.27. The number of carbonyl (C=O) groups excluding carboxylic acids is 1. The van der Waals surface area contributed by atoms with Crippen LogP contribution >= 0.6 is 0 Å². The molecule has 0 unspecified atom stereocenters. The standard InChI is InChI=1S/C20H25N3O5S/c1-13-8-14(2)10-16(9-13)12-28-17-4-5-19-18(11-17)21-6-7-23(29(19,26)27)15(3)20(24)22-25/h4-5,8-11,15,21,25H,6-7,12H2,1-3H3,(H,22,24)/t15-/m1/s1. The van der Waals surface area contributed by atoms with Gasteiger partial charge in [-0.05, 0) is 38.5 Å². The third-order valence-corrected chi connectivity index (χ3v) is 6.82. The van der Waals surface area contributed by atoms with Gasteiger partial charge in [0.05, 0.1) is 5.69 Å². The second-order valence-electron chi connectivity index (χ2n) is 7.14. The van der Waals surface area contributed by atoms with Gasteiger partial charge in [-0.1, -0.05) is 29.3 Å². The van der Waals surface area contributed by atoms with Crippen molar-refractivity contribution in [3.05, 3.63) is 53.1 Å². The number of hydrogen-bond donors (Lipinski definition) is 3. The first-order valence-electron chi connectivity index (χ1n) is 9.26. The highest BCUT2D eigenvalue weighted by Gasteiger charge is 2.36. The first-order chi connectivity index (χ1) is 13.7. The number of amides is 1. The van der Waals surface area contributed by atoms with Gasteiger partial charge in [-0.3, -0.25) is 10.0 Å². The molecule has 0 saturated heterocycles. The zero-order valence-corrected chi connectivity index (χ0v) is 17.4. The van der Waals surface area contributed by atoms with Gasteiger partial charge >= 0.3 is 0 Å². The van der Waals surface area contributed by atoms with Crippen LogP contribution in [0.3, 0.4) is 0 Å². The number of ether oxygens (including phenoxy) is 1. The maximum Gasteiger partial charge on any atom is 0.261 e. The van der Waals surface area contributed by atoms with Crippen molar-refractivity contribution >= 4 is 21.6 Å². The van der Waals surface area contributed by atoms with E-state index < -0.39 is 22.0 Å². The van der Waals surface area contributed by atoms with Crippen molar-refractivity contribution in [2.24, 2.45) is 0 Å². The number of carbonyl (C=O) groups is 1. The van der Waals surface area contributed by atoms with Crippen molar-refractivity contribution in [1.29, 1.82) is 0 Å². The second-order valence-corrected chi connectivity index (χ2v) is 9.00. The molecule has 1 amide bonds. The number of hydrogen-bond acceptors (Lipinski definition) is 6. The van der Waals surface area contributed by atoms with Crippen LogP contribution in [0.2, 0.25) is 0 Å². The van der Waals surface area contributed by atoms with Gasteiger partial charge in [0.15, 0.2) is 0 Å². The van der Waals surface area contributed by atoms with Crippen LogP contribution in [-0.2, 0) is 21.4 Å². The molecule has 8 nitrogen and oxygen atoms in total. The van der Waals surface area contributed by atoms with Crippen LogP contribution in [0.4, 0.5) is 5.69 Å². The molecule has 29 heavy (non-hydrogen) atoms. The van der Waals surface area contributed by atoms with Crippen LogP contribution in [-0.4, -0.2) is 43.0 Å². The Balaban J connectivity index is 1.84. The van der Waals surface area contributed by atoms with Crippen LogP contribution in [0.5, 0.6) is 5.75 Å². The highest BCUT2D eigenvalue weighted by atomic mass is 32.2. The normalized spacial score (nSPS) is 16.8. The molecule has 9 heteroatoms. The first-order valence-corrected chi connectivity index (χ1v) is 10.7. The van der Waals surface area contributed by atoms with Gasteiger partial charge in [-0.15, -0.1) is 0 Å². The maximum atomic E-state index is 13.0. The molecule has 0 bridgehead atoms. The summed E-state index contributed by atoms with van der Waals surface area (Å²) in [4.78, 5) is 11.8. The summed E-state index contributed by atoms with van der Waals surface area (Å²) in [6, 6.07) is 9.85. The van der Waals surface area contributed by atoms with E-state index in [0.29, 0.717) is 24.6 Å². The minimum Gasteiger partial charge on any atom is -0.489 e. The summed E-state index contributed by atoms with van der Waals surface area (Å²) in [6.07, 6.45) is 0. The first kappa shape index (κ1) is 21.1. The molecule has 0 spiro atoms. The van der Waals surface area contributed by atoms with Gasteiger partial charge in [-0.25, -0.2) is 13.9 Å². The second kappa shape index (κ2) is 8.40. The summed E-state index contributed by atoms with van der Waals surface area (Å²) in [7, 11) is -3.93. The van der Waals surface area contributed by atoms with E-state index in [4.69, 9.17) is 9.94 Å². The number of nitrogens with one attached hydrogen (secondary N) is 2. The number of hydroxylamine groups is 1. The predicted molar refractivity (Wildman–Crippen MR) is 108 cm³/mol. The lowest BCUT2D eigenvalue weighted by Crippen LogP contribution is -2.47. The number of anilines is 1. The van der Waals surface area contributed by atoms with Crippen molar-refractivity contribution < 1.29 is 23.2 Å². The van der Waals surface area contributed by atoms with E-state index in [1.54, 1.807) is 12.1 Å². The Morgan fingerprint density at radius 3 is 2.59 bits per heavy atom. The van der Waals surface area contributed by atoms with Gasteiger partial charge in [0.25, 0.3) is 5.91 Å². The highest BCUT2D eigenvalue weighted by Crippen LogP contribution is 2.32. The van der Waals surface area contributed by atoms with Crippen LogP contribution in [0.15, 0.2) is 41.3 Å². The van der Waals surface area contributed by atoms with Gasteiger partial charge in [-0.2, -0.15) is 4.31 Å². The molecule has 1 heterocycles. The summed E-state index contributed by atoms with van der Waals surface area (Å²) in [5.74, 6) is -0.245. The number of sulfonamides is 1. The van der Waals surface area contributed by atoms with E-state index in [0.717, 1.165) is 21.0 Å². The van der Waals surface area contributed by atoms with Crippen molar-refractivity contribution in [1.82, 2.24) is 9.79 Å². The lowest BCUT2D eigenvalue weighted by Gasteiger charge is -2.25. The lowest BCUT2D eigenvalue weighted by atomic mass is 10.1. The molecule has 3 N–H and O–H groups in total. The van der Waals surface area contributed by atoms with E-state index in [-0.39, 0.29) is 11.4 Å². The van der Waals surface area contributed by atoms with Crippen LogP contribution in [0.1, 0.15) is 23.6 Å². The van der Waals surface area contributed by atoms with Gasteiger partial charge in [0, 0.05) is 19.2 Å². The molecular weight excluding hydrogens is 394 g/mol. The Morgan fingerprint density at radius 2 is 1.93 bits per heavy atom. The fourth-order valence-corrected chi connectivity index (χ4v) is 5.20. The summed E-state index contributed by atoms with van der Waals surface area (Å²) in [6.45, 7) is 6.25. The number of fused-ring (bicyclic) bond motifs is 1. The van der Waals surface area contributed by atoms with Gasteiger partial charge in [0.1, 0.15) is 23.3 Å². The molecule has 0 saturated carbocycles. The Bertz CT molecular complexity index is 1000. The molecule has 0 aromatic heterocycles. The zero-order chi connectivity index (χ0) is 21.2. The fourth-order valence-electron chi connectivity index (χ4n) is 3.45. The van der Waals surface area contributed by atoms with Gasteiger partial charge < -0.3 is 10.1 Å². The zero-order valence-electron chi connectivity index (χ0n) is 16.6. The largest absolute Gasteiger partial charge is 0.489 e. The summed E-state index contributed by atoms with van der Waals surface area (Å²) >= 11 is 0. The Kier molecular flexibility index (Phi) is 6.11. The molecule has 1 aliphatic rings. The Morgan fingerprint density at radius 1 is 1.24 bits per heavy atom. The van der Waals surface area contributed by atoms with Crippen LogP contribution < -0.4 is 15.5 Å². The highest BCUT2D eigenvalue weighted by molar-refractivity contribution is 7.89. The molecule has 0 radical (unpaired) electrons. The molecule has 3 rings (SSSR count). The average molecular weight is 420 g/mol. The van der Waals surface area contributed by atoms with Crippen LogP contribution in [0.25, 0.3) is 0 Å². The molecule has 2 aromatic carbocycles. The summed E-state index contributed by atoms with van der Waals surface area (Å²) in [5, 5.41) is 11.9. The molecule has 156 valence electrons. The van der Waals surface area contributed by atoms with E-state index in [2.05, 4.69) is 11.4 Å². The van der Waals surface area contributed by atoms with Crippen molar-refractivity contribution in [3.63, 3.8) is 0 Å². The molecule has 0 fully saturated rings. The quantitative estimate of drug-likeness (QED) is 0.507. The average Bonchev–Trinajstić information content (AvgIpc) is 2.80. The Hall–Kier alpha value is -2.62. The lowest BCUT2D eigenvalue weighted by molar-refractivity contribution is -0.132. The van der Waals surface area contributed by atoms with E-state index >= 15 is 0 Å². The minimum atomic E-state index is -3.93. The molecule has 1 atom stereocenters. The van der Waals surface area contributed by atoms with E-state index in [9.17, 15) is 13.2 Å². The smallest absolute Gasteiger partial charge is 0.261 e. The predicted octanol–water partition coefficient (Wildman–Crippen LogP) is 2.19. The minimum absolute atomic E-state index is 0.0614. The monoisotopic (exact) mass is 419 g/mol. The molecule has 2 aromatic rings. The fraction of sp³-hybridized carbons (Fsp3) is 0.350. The van der Waals surface area contributed by atoms with E-state index in [1.807, 2.05) is 26.0 Å². The molecular formula is C20H25N3O5S. The van der Waals surface area contributed by atoms with E-state index in [1.165, 1.54) is 18.5 Å². The molecule has 1 aliphatic heterocycles. The number of rotatable bonds is 5. The molecule has 0 aliphatic carbocycles. The van der Waals surface area contributed by atoms with Crippen molar-refractivity contribution in [3.8, 4) is 5.75 Å². The van der Waals surface area contributed by atoms with Gasteiger partial charge in [0.2, 0.25) is 10.0 Å². The number of aryl methyl sites for hydroxylation is 2. The van der Waals surface area contributed by atoms with Crippen molar-refractivity contribution in [2.75, 3.05) is 18.4 Å². The number of benzene rings is 2. The Labute approximate surface area is 170 Å². The maximum absolute atomic E-state index is 13.0. The third kappa shape index (κ3) is 4.52. The summed E-state index contributed by atoms with van der Waals surface area (Å²) < 4.78 is 33.0. The SMILES string of the molecule is Cc1cc(C)cc(COc2ccc3c(c2)NCCN([C@H](C)C(=O)NO)S3(=O)=O)c1. The van der Waals surface area contributed by atoms with Crippen molar-refractivity contribution in [2.45, 2.75) is 38.3 Å². The topological polar surface area (TPSA) is 108 Å². The van der Waals surface area contributed by atoms with Crippen LogP contribution in [0, 0.1) is 13.8 Å². The third-order valence-electron chi connectivity index (χ3n) is 4.79. The number of nitrogens with zero attached hydrogens (tertiary/aromatic N) is 1.